The zero-order valence-electron chi connectivity index (χ0n) is 7.87. The van der Waals surface area contributed by atoms with Gasteiger partial charge in [0.15, 0.2) is 11.6 Å². The van der Waals surface area contributed by atoms with Crippen molar-refractivity contribution >= 4 is 0 Å². The minimum Gasteiger partial charge on any atom is -0.490 e. The monoisotopic (exact) mass is 196 g/mol. The molecule has 1 aliphatic rings. The fraction of sp³-hybridized carbons (Fsp3) is 0.455. The molecular weight excluding hydrogens is 183 g/mol. The molecule has 0 amide bonds. The van der Waals surface area contributed by atoms with Crippen molar-refractivity contribution in [1.82, 2.24) is 0 Å². The van der Waals surface area contributed by atoms with E-state index in [1.54, 1.807) is 12.1 Å². The van der Waals surface area contributed by atoms with Crippen molar-refractivity contribution in [2.24, 2.45) is 5.92 Å². The number of rotatable bonds is 4. The normalized spacial score (nSPS) is 15.6. The number of aliphatic hydroxyl groups is 1. The lowest BCUT2D eigenvalue weighted by atomic mass is 10.2. The van der Waals surface area contributed by atoms with Crippen LogP contribution in [0, 0.1) is 11.7 Å². The topological polar surface area (TPSA) is 29.5 Å². The number of benzene rings is 1. The molecule has 3 heteroatoms. The number of aliphatic hydroxyl groups excluding tert-OH is 1. The van der Waals surface area contributed by atoms with Crippen LogP contribution in [-0.4, -0.2) is 11.7 Å². The van der Waals surface area contributed by atoms with Crippen LogP contribution in [0.15, 0.2) is 18.2 Å². The van der Waals surface area contributed by atoms with E-state index in [0.717, 1.165) is 0 Å². The molecule has 0 saturated heterocycles. The van der Waals surface area contributed by atoms with Crippen LogP contribution in [0.4, 0.5) is 4.39 Å². The zero-order chi connectivity index (χ0) is 9.97. The summed E-state index contributed by atoms with van der Waals surface area (Å²) >= 11 is 0. The predicted octanol–water partition coefficient (Wildman–Crippen LogP) is 2.11. The Bertz CT molecular complexity index is 321. The highest BCUT2D eigenvalue weighted by molar-refractivity contribution is 5.34. The van der Waals surface area contributed by atoms with E-state index in [4.69, 9.17) is 9.84 Å². The maximum atomic E-state index is 13.3. The minimum absolute atomic E-state index is 0.183. The summed E-state index contributed by atoms with van der Waals surface area (Å²) in [4.78, 5) is 0. The van der Waals surface area contributed by atoms with Crippen LogP contribution in [0.25, 0.3) is 0 Å². The predicted molar refractivity (Wildman–Crippen MR) is 50.5 cm³/mol. The van der Waals surface area contributed by atoms with Gasteiger partial charge in [-0.2, -0.15) is 0 Å². The molecule has 0 radical (unpaired) electrons. The van der Waals surface area contributed by atoms with E-state index in [9.17, 15) is 4.39 Å². The van der Waals surface area contributed by atoms with E-state index < -0.39 is 5.82 Å². The van der Waals surface area contributed by atoms with Crippen molar-refractivity contribution in [2.45, 2.75) is 19.4 Å². The Morgan fingerprint density at radius 3 is 2.86 bits per heavy atom. The third kappa shape index (κ3) is 2.04. The van der Waals surface area contributed by atoms with Gasteiger partial charge in [0.05, 0.1) is 13.2 Å². The Kier molecular flexibility index (Phi) is 2.68. The third-order valence-corrected chi connectivity index (χ3v) is 2.38. The van der Waals surface area contributed by atoms with Crippen LogP contribution in [0.2, 0.25) is 0 Å². The number of hydrogen-bond donors (Lipinski definition) is 1. The van der Waals surface area contributed by atoms with E-state index >= 15 is 0 Å². The number of ether oxygens (including phenoxy) is 1. The summed E-state index contributed by atoms with van der Waals surface area (Å²) in [7, 11) is 0. The van der Waals surface area contributed by atoms with Gasteiger partial charge >= 0.3 is 0 Å². The third-order valence-electron chi connectivity index (χ3n) is 2.38. The minimum atomic E-state index is -0.391. The molecule has 0 unspecified atom stereocenters. The first kappa shape index (κ1) is 9.46. The second-order valence-corrected chi connectivity index (χ2v) is 3.64. The van der Waals surface area contributed by atoms with Crippen LogP contribution in [0.3, 0.4) is 0 Å². The van der Waals surface area contributed by atoms with Crippen molar-refractivity contribution in [1.29, 1.82) is 0 Å². The largest absolute Gasteiger partial charge is 0.490 e. The van der Waals surface area contributed by atoms with E-state index in [-0.39, 0.29) is 12.4 Å². The molecule has 1 aromatic rings. The molecule has 0 aliphatic heterocycles. The van der Waals surface area contributed by atoms with Gasteiger partial charge in [0.25, 0.3) is 0 Å². The lowest BCUT2D eigenvalue weighted by molar-refractivity contribution is 0.250. The van der Waals surface area contributed by atoms with Gasteiger partial charge in [0.2, 0.25) is 0 Å². The van der Waals surface area contributed by atoms with E-state index in [1.807, 2.05) is 0 Å². The standard InChI is InChI=1S/C11H13FO2/c12-10-3-1-2-9(6-13)11(10)14-7-8-4-5-8/h1-3,8,13H,4-7H2. The summed E-state index contributed by atoms with van der Waals surface area (Å²) in [6.45, 7) is 0.381. The maximum absolute atomic E-state index is 13.3. The fourth-order valence-corrected chi connectivity index (χ4v) is 1.33. The van der Waals surface area contributed by atoms with E-state index in [0.29, 0.717) is 18.1 Å². The molecule has 2 nitrogen and oxygen atoms in total. The molecule has 14 heavy (non-hydrogen) atoms. The molecule has 0 bridgehead atoms. The second-order valence-electron chi connectivity index (χ2n) is 3.64. The summed E-state index contributed by atoms with van der Waals surface area (Å²) < 4.78 is 18.6. The lowest BCUT2D eigenvalue weighted by Crippen LogP contribution is -2.03. The van der Waals surface area contributed by atoms with Gasteiger partial charge < -0.3 is 9.84 Å². The van der Waals surface area contributed by atoms with Crippen molar-refractivity contribution < 1.29 is 14.2 Å². The van der Waals surface area contributed by atoms with Gasteiger partial charge in [-0.25, -0.2) is 4.39 Å². The summed E-state index contributed by atoms with van der Waals surface area (Å²) in [5.41, 5.74) is 0.519. The maximum Gasteiger partial charge on any atom is 0.165 e. The molecule has 76 valence electrons. The molecule has 0 aromatic heterocycles. The highest BCUT2D eigenvalue weighted by Gasteiger charge is 2.23. The fourth-order valence-electron chi connectivity index (χ4n) is 1.33. The number of para-hydroxylation sites is 1. The van der Waals surface area contributed by atoms with E-state index in [1.165, 1.54) is 18.9 Å². The molecule has 2 rings (SSSR count). The van der Waals surface area contributed by atoms with Crippen LogP contribution in [0.5, 0.6) is 5.75 Å². The molecule has 0 atom stereocenters. The first-order valence-electron chi connectivity index (χ1n) is 4.82. The first-order chi connectivity index (χ1) is 6.81. The van der Waals surface area contributed by atoms with Crippen molar-refractivity contribution in [3.63, 3.8) is 0 Å². The Balaban J connectivity index is 2.11. The SMILES string of the molecule is OCc1cccc(F)c1OCC1CC1. The number of halogens is 1. The van der Waals surface area contributed by atoms with Crippen LogP contribution in [-0.2, 0) is 6.61 Å². The Morgan fingerprint density at radius 1 is 1.43 bits per heavy atom. The molecule has 1 N–H and O–H groups in total. The molecular formula is C11H13FO2. The summed E-state index contributed by atoms with van der Waals surface area (Å²) in [6, 6.07) is 4.59. The lowest BCUT2D eigenvalue weighted by Gasteiger charge is -2.10. The van der Waals surface area contributed by atoms with Crippen molar-refractivity contribution in [3.8, 4) is 5.75 Å². The van der Waals surface area contributed by atoms with Crippen LogP contribution >= 0.6 is 0 Å². The van der Waals surface area contributed by atoms with Gasteiger partial charge in [0.1, 0.15) is 0 Å². The first-order valence-corrected chi connectivity index (χ1v) is 4.82. The van der Waals surface area contributed by atoms with Crippen molar-refractivity contribution in [2.75, 3.05) is 6.61 Å². The van der Waals surface area contributed by atoms with Gasteiger partial charge in [0, 0.05) is 5.56 Å². The van der Waals surface area contributed by atoms with Crippen LogP contribution in [0.1, 0.15) is 18.4 Å². The quantitative estimate of drug-likeness (QED) is 0.799. The molecule has 0 spiro atoms. The summed E-state index contributed by atoms with van der Waals surface area (Å²) in [6.07, 6.45) is 2.34. The van der Waals surface area contributed by atoms with Gasteiger partial charge in [-0.05, 0) is 24.8 Å². The molecule has 0 heterocycles. The Labute approximate surface area is 82.3 Å². The average molecular weight is 196 g/mol. The second kappa shape index (κ2) is 3.96. The Hall–Kier alpha value is -1.09. The molecule has 1 aromatic carbocycles. The van der Waals surface area contributed by atoms with Crippen molar-refractivity contribution in [3.05, 3.63) is 29.6 Å². The molecule has 1 saturated carbocycles. The van der Waals surface area contributed by atoms with Gasteiger partial charge in [-0.1, -0.05) is 12.1 Å². The Morgan fingerprint density at radius 2 is 2.21 bits per heavy atom. The number of hydrogen-bond acceptors (Lipinski definition) is 2. The molecule has 1 fully saturated rings. The average Bonchev–Trinajstić information content (AvgIpc) is 2.99. The van der Waals surface area contributed by atoms with E-state index in [2.05, 4.69) is 0 Å². The summed E-state index contributed by atoms with van der Waals surface area (Å²) in [5.74, 6) is 0.403. The highest BCUT2D eigenvalue weighted by Crippen LogP contribution is 2.31. The van der Waals surface area contributed by atoms with Gasteiger partial charge in [-0.3, -0.25) is 0 Å². The zero-order valence-corrected chi connectivity index (χ0v) is 7.87. The highest BCUT2D eigenvalue weighted by atomic mass is 19.1. The smallest absolute Gasteiger partial charge is 0.165 e. The van der Waals surface area contributed by atoms with Gasteiger partial charge in [-0.15, -0.1) is 0 Å². The molecule has 1 aliphatic carbocycles. The van der Waals surface area contributed by atoms with Crippen LogP contribution < -0.4 is 4.74 Å². The summed E-state index contributed by atoms with van der Waals surface area (Å²) in [5, 5.41) is 8.98.